The maximum atomic E-state index is 12.4. The van der Waals surface area contributed by atoms with Crippen LogP contribution in [-0.4, -0.2) is 58.9 Å². The highest BCUT2D eigenvalue weighted by atomic mass is 16.5. The van der Waals surface area contributed by atoms with Crippen LogP contribution in [0.3, 0.4) is 0 Å². The van der Waals surface area contributed by atoms with E-state index < -0.39 is 11.5 Å². The molecule has 0 radical (unpaired) electrons. The van der Waals surface area contributed by atoms with E-state index in [9.17, 15) is 14.7 Å². The molecule has 8 nitrogen and oxygen atoms in total. The van der Waals surface area contributed by atoms with Crippen LogP contribution in [0, 0.1) is 0 Å². The number of fused-ring (bicyclic) bond motifs is 1. The fraction of sp³-hybridized carbons (Fsp3) is 0.391. The number of hydrogen-bond donors (Lipinski definition) is 2. The largest absolute Gasteiger partial charge is 0.496 e. The van der Waals surface area contributed by atoms with Gasteiger partial charge in [0.15, 0.2) is 0 Å². The molecule has 1 saturated heterocycles. The molecule has 0 unspecified atom stereocenters. The van der Waals surface area contributed by atoms with Crippen molar-refractivity contribution in [2.75, 3.05) is 33.4 Å². The number of hydrogen-bond acceptors (Lipinski definition) is 5. The molecule has 0 atom stereocenters. The van der Waals surface area contributed by atoms with Crippen LogP contribution in [0.25, 0.3) is 22.2 Å². The summed E-state index contributed by atoms with van der Waals surface area (Å²) in [6.45, 7) is 6.08. The zero-order chi connectivity index (χ0) is 22.1. The van der Waals surface area contributed by atoms with Gasteiger partial charge in [0.05, 0.1) is 31.5 Å². The van der Waals surface area contributed by atoms with Crippen LogP contribution in [-0.2, 0) is 24.8 Å². The third-order valence-corrected chi connectivity index (χ3v) is 5.96. The number of rotatable bonds is 6. The number of aromatic amines is 1. The van der Waals surface area contributed by atoms with Crippen LogP contribution < -0.4 is 10.3 Å². The first-order valence-corrected chi connectivity index (χ1v) is 10.4. The van der Waals surface area contributed by atoms with Gasteiger partial charge in [-0.2, -0.15) is 0 Å². The number of morpholine rings is 1. The Kier molecular flexibility index (Phi) is 5.84. The normalized spacial score (nSPS) is 14.8. The molecule has 2 aromatic heterocycles. The van der Waals surface area contributed by atoms with Crippen molar-refractivity contribution in [3.63, 3.8) is 0 Å². The van der Waals surface area contributed by atoms with Crippen molar-refractivity contribution in [1.82, 2.24) is 14.5 Å². The molecule has 2 N–H and O–H groups in total. The van der Waals surface area contributed by atoms with Gasteiger partial charge < -0.3 is 24.1 Å². The first-order chi connectivity index (χ1) is 14.9. The number of ether oxygens (including phenoxy) is 2. The Bertz CT molecular complexity index is 1190. The number of benzene rings is 1. The highest BCUT2D eigenvalue weighted by molar-refractivity contribution is 5.91. The number of aryl methyl sites for hydroxylation is 2. The van der Waals surface area contributed by atoms with Gasteiger partial charge >= 0.3 is 5.97 Å². The lowest BCUT2D eigenvalue weighted by atomic mass is 10.00. The molecule has 0 spiro atoms. The SMILES string of the molecule is CCc1cc(C(=O)O)c(=O)[nH]c1-c1cc2cc(CN3CCOCC3)n(C)c2cc1OC. The molecule has 1 aliphatic heterocycles. The molecule has 164 valence electrons. The Morgan fingerprint density at radius 2 is 1.97 bits per heavy atom. The van der Waals surface area contributed by atoms with E-state index in [4.69, 9.17) is 9.47 Å². The summed E-state index contributed by atoms with van der Waals surface area (Å²) in [5, 5.41) is 10.3. The second-order valence-electron chi connectivity index (χ2n) is 7.77. The Morgan fingerprint density at radius 3 is 2.61 bits per heavy atom. The molecular formula is C23H27N3O5. The smallest absolute Gasteiger partial charge is 0.341 e. The van der Waals surface area contributed by atoms with E-state index in [0.29, 0.717) is 17.9 Å². The number of carboxylic acid groups (broad SMARTS) is 1. The van der Waals surface area contributed by atoms with E-state index in [1.54, 1.807) is 7.11 Å². The molecule has 0 bridgehead atoms. The van der Waals surface area contributed by atoms with Gasteiger partial charge in [0, 0.05) is 49.4 Å². The van der Waals surface area contributed by atoms with Crippen molar-refractivity contribution in [2.45, 2.75) is 19.9 Å². The number of methoxy groups -OCH3 is 1. The van der Waals surface area contributed by atoms with Crippen molar-refractivity contribution >= 4 is 16.9 Å². The van der Waals surface area contributed by atoms with Crippen LogP contribution in [0.4, 0.5) is 0 Å². The second-order valence-corrected chi connectivity index (χ2v) is 7.77. The molecule has 3 heterocycles. The molecule has 4 rings (SSSR count). The van der Waals surface area contributed by atoms with E-state index in [-0.39, 0.29) is 5.56 Å². The summed E-state index contributed by atoms with van der Waals surface area (Å²) in [6, 6.07) is 7.58. The molecule has 3 aromatic rings. The molecule has 0 saturated carbocycles. The van der Waals surface area contributed by atoms with Gasteiger partial charge in [0.2, 0.25) is 0 Å². The van der Waals surface area contributed by atoms with Crippen molar-refractivity contribution in [1.29, 1.82) is 0 Å². The lowest BCUT2D eigenvalue weighted by Gasteiger charge is -2.26. The Hall–Kier alpha value is -3.10. The highest BCUT2D eigenvalue weighted by Gasteiger charge is 2.20. The van der Waals surface area contributed by atoms with Gasteiger partial charge in [-0.3, -0.25) is 9.69 Å². The number of nitrogens with one attached hydrogen (secondary N) is 1. The zero-order valence-electron chi connectivity index (χ0n) is 18.0. The van der Waals surface area contributed by atoms with Crippen LogP contribution in [0.1, 0.15) is 28.5 Å². The second kappa shape index (κ2) is 8.56. The Balaban J connectivity index is 1.82. The summed E-state index contributed by atoms with van der Waals surface area (Å²) in [4.78, 5) is 28.9. The molecular weight excluding hydrogens is 398 g/mol. The minimum atomic E-state index is -1.24. The van der Waals surface area contributed by atoms with Crippen LogP contribution >= 0.6 is 0 Å². The van der Waals surface area contributed by atoms with Gasteiger partial charge in [-0.15, -0.1) is 0 Å². The first-order valence-electron chi connectivity index (χ1n) is 10.4. The number of aromatic nitrogens is 2. The number of carbonyl (C=O) groups is 1. The zero-order valence-corrected chi connectivity index (χ0v) is 18.0. The maximum Gasteiger partial charge on any atom is 0.341 e. The predicted octanol–water partition coefficient (Wildman–Crippen LogP) is 2.64. The maximum absolute atomic E-state index is 12.4. The predicted molar refractivity (Wildman–Crippen MR) is 118 cm³/mol. The van der Waals surface area contributed by atoms with E-state index in [1.165, 1.54) is 11.8 Å². The lowest BCUT2D eigenvalue weighted by Crippen LogP contribution is -2.36. The summed E-state index contributed by atoms with van der Waals surface area (Å²) in [7, 11) is 3.63. The van der Waals surface area contributed by atoms with Gasteiger partial charge in [-0.25, -0.2) is 4.79 Å². The fourth-order valence-electron chi connectivity index (χ4n) is 4.18. The fourth-order valence-corrected chi connectivity index (χ4v) is 4.18. The van der Waals surface area contributed by atoms with Gasteiger partial charge in [0.25, 0.3) is 5.56 Å². The van der Waals surface area contributed by atoms with E-state index in [1.807, 2.05) is 26.1 Å². The molecule has 1 aliphatic rings. The number of pyridine rings is 1. The van der Waals surface area contributed by atoms with Gasteiger partial charge in [0.1, 0.15) is 11.3 Å². The first kappa shape index (κ1) is 21.1. The highest BCUT2D eigenvalue weighted by Crippen LogP contribution is 2.36. The lowest BCUT2D eigenvalue weighted by molar-refractivity contribution is 0.0333. The Morgan fingerprint density at radius 1 is 1.23 bits per heavy atom. The van der Waals surface area contributed by atoms with Gasteiger partial charge in [-0.1, -0.05) is 6.92 Å². The van der Waals surface area contributed by atoms with E-state index in [0.717, 1.165) is 54.9 Å². The Labute approximate surface area is 180 Å². The minimum absolute atomic E-state index is 0.256. The number of H-pyrrole nitrogens is 1. The standard InChI is InChI=1S/C23H27N3O5/c1-4-14-10-18(23(28)29)22(27)24-21(14)17-11-15-9-16(13-26-5-7-31-8-6-26)25(2)19(15)12-20(17)30-3/h9-12H,4-8,13H2,1-3H3,(H,24,27)(H,28,29). The summed E-state index contributed by atoms with van der Waals surface area (Å²) in [5.41, 5.74) is 3.42. The summed E-state index contributed by atoms with van der Waals surface area (Å²) in [6.07, 6.45) is 0.574. The molecule has 1 fully saturated rings. The third-order valence-electron chi connectivity index (χ3n) is 5.96. The molecule has 0 aliphatic carbocycles. The quantitative estimate of drug-likeness (QED) is 0.630. The minimum Gasteiger partial charge on any atom is -0.496 e. The number of carboxylic acids is 1. The molecule has 0 amide bonds. The van der Waals surface area contributed by atoms with Crippen LogP contribution in [0.2, 0.25) is 0 Å². The van der Waals surface area contributed by atoms with Crippen molar-refractivity contribution in [3.8, 4) is 17.0 Å². The van der Waals surface area contributed by atoms with Crippen molar-refractivity contribution in [3.05, 3.63) is 51.4 Å². The summed E-state index contributed by atoms with van der Waals surface area (Å²) < 4.78 is 13.3. The third kappa shape index (κ3) is 3.96. The van der Waals surface area contributed by atoms with Crippen LogP contribution in [0.15, 0.2) is 29.1 Å². The molecule has 1 aromatic carbocycles. The monoisotopic (exact) mass is 425 g/mol. The van der Waals surface area contributed by atoms with Gasteiger partial charge in [-0.05, 0) is 30.2 Å². The summed E-state index contributed by atoms with van der Waals surface area (Å²) >= 11 is 0. The average Bonchev–Trinajstić information content (AvgIpc) is 3.07. The van der Waals surface area contributed by atoms with Crippen LogP contribution in [0.5, 0.6) is 5.75 Å². The van der Waals surface area contributed by atoms with E-state index in [2.05, 4.69) is 20.5 Å². The van der Waals surface area contributed by atoms with E-state index >= 15 is 0 Å². The summed E-state index contributed by atoms with van der Waals surface area (Å²) in [5.74, 6) is -0.610. The molecule has 8 heteroatoms. The van der Waals surface area contributed by atoms with Crippen molar-refractivity contribution in [2.24, 2.45) is 7.05 Å². The average molecular weight is 425 g/mol. The topological polar surface area (TPSA) is 96.8 Å². The van der Waals surface area contributed by atoms with Crippen molar-refractivity contribution < 1.29 is 19.4 Å². The number of nitrogens with zero attached hydrogens (tertiary/aromatic N) is 2. The number of aromatic carboxylic acids is 1. The molecule has 31 heavy (non-hydrogen) atoms.